The van der Waals surface area contributed by atoms with Gasteiger partial charge in [0.15, 0.2) is 0 Å². The van der Waals surface area contributed by atoms with E-state index in [-0.39, 0.29) is 0 Å². The van der Waals surface area contributed by atoms with Crippen LogP contribution in [0.1, 0.15) is 78.1 Å². The summed E-state index contributed by atoms with van der Waals surface area (Å²) in [6.07, 6.45) is 13.1. The smallest absolute Gasteiger partial charge is 0.374 e. The Morgan fingerprint density at radius 2 is 1.13 bits per heavy atom. The third-order valence-corrected chi connectivity index (χ3v) is 8.84. The normalized spacial score (nSPS) is 32.9. The van der Waals surface area contributed by atoms with E-state index in [0.29, 0.717) is 12.1 Å². The summed E-state index contributed by atoms with van der Waals surface area (Å²) in [5.41, 5.74) is 0. The van der Waals surface area contributed by atoms with Crippen molar-refractivity contribution in [2.24, 2.45) is 11.8 Å². The van der Waals surface area contributed by atoms with E-state index in [4.69, 9.17) is 8.85 Å². The molecule has 0 aromatic rings. The van der Waals surface area contributed by atoms with E-state index in [1.807, 2.05) is 14.2 Å². The molecule has 4 unspecified atom stereocenters. The second-order valence-electron chi connectivity index (χ2n) is 7.43. The largest absolute Gasteiger partial charge is 0.516 e. The molecule has 4 nitrogen and oxygen atoms in total. The molecule has 0 aliphatic heterocycles. The highest BCUT2D eigenvalue weighted by atomic mass is 28.4. The predicted octanol–water partition coefficient (Wildman–Crippen LogP) is 3.83. The van der Waals surface area contributed by atoms with Crippen LogP contribution in [-0.4, -0.2) is 35.2 Å². The monoisotopic (exact) mass is 342 g/mol. The Morgan fingerprint density at radius 1 is 0.739 bits per heavy atom. The molecule has 2 aliphatic rings. The topological polar surface area (TPSA) is 42.5 Å². The Bertz CT molecular complexity index is 311. The fraction of sp³-hybridized carbons (Fsp3) is 1.00. The van der Waals surface area contributed by atoms with Crippen LogP contribution in [0.15, 0.2) is 0 Å². The number of rotatable bonds is 8. The van der Waals surface area contributed by atoms with Crippen molar-refractivity contribution in [3.05, 3.63) is 0 Å². The summed E-state index contributed by atoms with van der Waals surface area (Å²) in [7, 11) is 1.08. The zero-order valence-corrected chi connectivity index (χ0v) is 16.7. The van der Waals surface area contributed by atoms with Gasteiger partial charge in [0.05, 0.1) is 0 Å². The summed E-state index contributed by atoms with van der Waals surface area (Å²) < 4.78 is 11.9. The maximum Gasteiger partial charge on any atom is 0.516 e. The molecule has 0 radical (unpaired) electrons. The molecule has 136 valence electrons. The van der Waals surface area contributed by atoms with E-state index in [1.54, 1.807) is 0 Å². The lowest BCUT2D eigenvalue weighted by molar-refractivity contribution is 0.162. The lowest BCUT2D eigenvalue weighted by atomic mass is 9.83. The van der Waals surface area contributed by atoms with Crippen LogP contribution < -0.4 is 9.96 Å². The molecule has 0 heterocycles. The molecule has 2 aliphatic carbocycles. The fourth-order valence-electron chi connectivity index (χ4n) is 4.62. The third kappa shape index (κ3) is 5.02. The van der Waals surface area contributed by atoms with Crippen LogP contribution >= 0.6 is 0 Å². The molecule has 0 bridgehead atoms. The Kier molecular flexibility index (Phi) is 8.02. The first-order valence-electron chi connectivity index (χ1n) is 9.83. The van der Waals surface area contributed by atoms with Crippen LogP contribution in [0.5, 0.6) is 0 Å². The minimum absolute atomic E-state index is 0.538. The molecule has 5 heteroatoms. The molecule has 4 atom stereocenters. The highest BCUT2D eigenvalue weighted by molar-refractivity contribution is 6.62. The lowest BCUT2D eigenvalue weighted by Gasteiger charge is -2.42. The number of hydrogen-bond acceptors (Lipinski definition) is 4. The minimum atomic E-state index is -2.53. The van der Waals surface area contributed by atoms with Gasteiger partial charge in [0.2, 0.25) is 0 Å². The zero-order chi connectivity index (χ0) is 16.7. The first-order valence-corrected chi connectivity index (χ1v) is 11.6. The van der Waals surface area contributed by atoms with Crippen molar-refractivity contribution in [2.75, 3.05) is 14.2 Å². The maximum absolute atomic E-state index is 5.97. The SMILES string of the molecule is CCC1CCCCC1N[Si](NC1CCCCC1CC)(OC)OC. The van der Waals surface area contributed by atoms with Crippen molar-refractivity contribution in [1.82, 2.24) is 9.96 Å². The molecular weight excluding hydrogens is 304 g/mol. The van der Waals surface area contributed by atoms with Crippen molar-refractivity contribution in [3.8, 4) is 0 Å². The highest BCUT2D eigenvalue weighted by Crippen LogP contribution is 2.30. The minimum Gasteiger partial charge on any atom is -0.374 e. The predicted molar refractivity (Wildman–Crippen MR) is 98.1 cm³/mol. The molecule has 0 saturated heterocycles. The van der Waals surface area contributed by atoms with E-state index < -0.39 is 8.88 Å². The summed E-state index contributed by atoms with van der Waals surface area (Å²) in [4.78, 5) is 7.69. The first kappa shape index (κ1) is 19.4. The van der Waals surface area contributed by atoms with Crippen molar-refractivity contribution in [1.29, 1.82) is 0 Å². The van der Waals surface area contributed by atoms with Gasteiger partial charge in [-0.15, -0.1) is 0 Å². The molecule has 2 saturated carbocycles. The molecule has 0 spiro atoms. The van der Waals surface area contributed by atoms with Gasteiger partial charge < -0.3 is 8.85 Å². The molecule has 0 amide bonds. The van der Waals surface area contributed by atoms with E-state index in [9.17, 15) is 0 Å². The Hall–Kier alpha value is 0.0569. The van der Waals surface area contributed by atoms with Crippen LogP contribution in [0.25, 0.3) is 0 Å². The lowest BCUT2D eigenvalue weighted by Crippen LogP contribution is -2.72. The van der Waals surface area contributed by atoms with E-state index in [1.165, 1.54) is 64.2 Å². The summed E-state index contributed by atoms with van der Waals surface area (Å²) in [6.45, 7) is 4.63. The van der Waals surface area contributed by atoms with E-state index >= 15 is 0 Å². The summed E-state index contributed by atoms with van der Waals surface area (Å²) in [5, 5.41) is 0. The standard InChI is InChI=1S/C18H38N2O2Si/c1-5-15-11-7-9-13-17(15)19-23(21-3,22-4)20-18-14-10-8-12-16(18)6-2/h15-20H,5-14H2,1-4H3. The van der Waals surface area contributed by atoms with Crippen LogP contribution in [0, 0.1) is 11.8 Å². The van der Waals surface area contributed by atoms with Gasteiger partial charge in [-0.3, -0.25) is 9.96 Å². The fourth-order valence-corrected chi connectivity index (χ4v) is 7.08. The molecule has 0 aromatic carbocycles. The van der Waals surface area contributed by atoms with Crippen molar-refractivity contribution in [2.45, 2.75) is 90.1 Å². The zero-order valence-electron chi connectivity index (χ0n) is 15.7. The van der Waals surface area contributed by atoms with Crippen LogP contribution in [0.3, 0.4) is 0 Å². The Morgan fingerprint density at radius 3 is 1.48 bits per heavy atom. The van der Waals surface area contributed by atoms with Gasteiger partial charge in [0, 0.05) is 26.3 Å². The number of nitrogens with one attached hydrogen (secondary N) is 2. The van der Waals surface area contributed by atoms with Gasteiger partial charge >= 0.3 is 8.88 Å². The van der Waals surface area contributed by atoms with E-state index in [2.05, 4.69) is 23.8 Å². The molecule has 23 heavy (non-hydrogen) atoms. The quantitative estimate of drug-likeness (QED) is 0.658. The molecule has 2 rings (SSSR count). The van der Waals surface area contributed by atoms with Gasteiger partial charge in [-0.2, -0.15) is 0 Å². The van der Waals surface area contributed by atoms with Crippen molar-refractivity contribution < 1.29 is 8.85 Å². The molecule has 2 N–H and O–H groups in total. The van der Waals surface area contributed by atoms with Crippen LogP contribution in [0.2, 0.25) is 0 Å². The summed E-state index contributed by atoms with van der Waals surface area (Å²) in [6, 6.07) is 1.08. The Balaban J connectivity index is 2.04. The average Bonchev–Trinajstić information content (AvgIpc) is 2.62. The molecule has 2 fully saturated rings. The summed E-state index contributed by atoms with van der Waals surface area (Å²) >= 11 is 0. The van der Waals surface area contributed by atoms with Gasteiger partial charge in [-0.05, 0) is 37.5 Å². The van der Waals surface area contributed by atoms with Gasteiger partial charge in [0.1, 0.15) is 0 Å². The van der Waals surface area contributed by atoms with E-state index in [0.717, 1.165) is 11.8 Å². The van der Waals surface area contributed by atoms with Gasteiger partial charge in [-0.1, -0.05) is 52.4 Å². The first-order chi connectivity index (χ1) is 11.2. The molecule has 0 aromatic heterocycles. The Labute approximate surface area is 144 Å². The third-order valence-electron chi connectivity index (χ3n) is 6.19. The van der Waals surface area contributed by atoms with Crippen LogP contribution in [0.4, 0.5) is 0 Å². The van der Waals surface area contributed by atoms with Gasteiger partial charge in [0.25, 0.3) is 0 Å². The second-order valence-corrected chi connectivity index (χ2v) is 10.1. The average molecular weight is 343 g/mol. The van der Waals surface area contributed by atoms with Crippen molar-refractivity contribution in [3.63, 3.8) is 0 Å². The van der Waals surface area contributed by atoms with Crippen LogP contribution in [-0.2, 0) is 8.85 Å². The maximum atomic E-state index is 5.97. The summed E-state index contributed by atoms with van der Waals surface area (Å²) in [5.74, 6) is 1.52. The van der Waals surface area contributed by atoms with Gasteiger partial charge in [-0.25, -0.2) is 0 Å². The molecular formula is C18H38N2O2Si. The number of hydrogen-bond donors (Lipinski definition) is 2. The highest BCUT2D eigenvalue weighted by Gasteiger charge is 2.44. The van der Waals surface area contributed by atoms with Crippen molar-refractivity contribution >= 4 is 8.88 Å². The second kappa shape index (κ2) is 9.52.